The maximum Gasteiger partial charge on any atom is 0.257 e. The van der Waals surface area contributed by atoms with Crippen molar-refractivity contribution in [2.75, 3.05) is 0 Å². The van der Waals surface area contributed by atoms with E-state index in [-0.39, 0.29) is 17.9 Å². The number of carbonyl (C=O) groups is 1. The first kappa shape index (κ1) is 14.4. The van der Waals surface area contributed by atoms with Crippen LogP contribution in [0.15, 0.2) is 0 Å². The third-order valence-electron chi connectivity index (χ3n) is 2.90. The van der Waals surface area contributed by atoms with E-state index in [2.05, 4.69) is 5.32 Å². The average Bonchev–Trinajstić information content (AvgIpc) is 2.11. The van der Waals surface area contributed by atoms with Gasteiger partial charge in [-0.3, -0.25) is 4.79 Å². The smallest absolute Gasteiger partial charge is 0.257 e. The second kappa shape index (κ2) is 4.95. The highest BCUT2D eigenvalue weighted by Crippen LogP contribution is 2.23. The molecular formula is C12H24FNO. The summed E-state index contributed by atoms with van der Waals surface area (Å²) in [7, 11) is 0. The van der Waals surface area contributed by atoms with Crippen molar-refractivity contribution >= 4 is 5.91 Å². The summed E-state index contributed by atoms with van der Waals surface area (Å²) in [4.78, 5) is 11.6. The van der Waals surface area contributed by atoms with E-state index in [4.69, 9.17) is 0 Å². The zero-order chi connectivity index (χ0) is 12.3. The first-order chi connectivity index (χ1) is 6.65. The highest BCUT2D eigenvalue weighted by atomic mass is 19.1. The van der Waals surface area contributed by atoms with E-state index in [1.807, 2.05) is 27.7 Å². The third-order valence-corrected chi connectivity index (χ3v) is 2.90. The molecule has 0 aliphatic carbocycles. The van der Waals surface area contributed by atoms with Gasteiger partial charge in [0.1, 0.15) is 0 Å². The van der Waals surface area contributed by atoms with Crippen molar-refractivity contribution in [1.82, 2.24) is 5.32 Å². The van der Waals surface area contributed by atoms with Crippen LogP contribution in [0.25, 0.3) is 0 Å². The van der Waals surface area contributed by atoms with Gasteiger partial charge < -0.3 is 5.32 Å². The maximum absolute atomic E-state index is 13.7. The Balaban J connectivity index is 4.52. The van der Waals surface area contributed by atoms with Crippen molar-refractivity contribution in [1.29, 1.82) is 0 Å². The van der Waals surface area contributed by atoms with Crippen LogP contribution in [0.4, 0.5) is 4.39 Å². The molecule has 0 saturated heterocycles. The molecule has 0 aromatic rings. The first-order valence-electron chi connectivity index (χ1n) is 5.65. The molecule has 0 radical (unpaired) electrons. The monoisotopic (exact) mass is 217 g/mol. The van der Waals surface area contributed by atoms with E-state index in [9.17, 15) is 9.18 Å². The SMILES string of the molecule is CCC(NC(=O)C(C)(F)CC)C(C)(C)C. The molecule has 0 aliphatic heterocycles. The summed E-state index contributed by atoms with van der Waals surface area (Å²) in [5.74, 6) is -0.494. The molecule has 0 aromatic heterocycles. The van der Waals surface area contributed by atoms with Crippen molar-refractivity contribution < 1.29 is 9.18 Å². The lowest BCUT2D eigenvalue weighted by Crippen LogP contribution is -2.50. The van der Waals surface area contributed by atoms with Crippen LogP contribution in [0, 0.1) is 5.41 Å². The number of hydrogen-bond acceptors (Lipinski definition) is 1. The van der Waals surface area contributed by atoms with Gasteiger partial charge in [-0.05, 0) is 25.2 Å². The number of amides is 1. The van der Waals surface area contributed by atoms with E-state index in [0.29, 0.717) is 0 Å². The minimum absolute atomic E-state index is 0.0200. The molecule has 90 valence electrons. The van der Waals surface area contributed by atoms with Gasteiger partial charge in [0.25, 0.3) is 5.91 Å². The Bertz CT molecular complexity index is 218. The highest BCUT2D eigenvalue weighted by Gasteiger charge is 2.34. The fraction of sp³-hybridized carbons (Fsp3) is 0.917. The zero-order valence-electron chi connectivity index (χ0n) is 10.8. The normalized spacial score (nSPS) is 18.1. The lowest BCUT2D eigenvalue weighted by molar-refractivity contribution is -0.133. The molecule has 0 heterocycles. The predicted octanol–water partition coefficient (Wildman–Crippen LogP) is 3.07. The van der Waals surface area contributed by atoms with E-state index in [1.165, 1.54) is 6.92 Å². The van der Waals surface area contributed by atoms with E-state index in [1.54, 1.807) is 6.92 Å². The molecule has 2 unspecified atom stereocenters. The van der Waals surface area contributed by atoms with E-state index >= 15 is 0 Å². The van der Waals surface area contributed by atoms with Gasteiger partial charge in [0.15, 0.2) is 5.67 Å². The lowest BCUT2D eigenvalue weighted by Gasteiger charge is -2.32. The molecule has 0 aliphatic rings. The Morgan fingerprint density at radius 2 is 1.73 bits per heavy atom. The molecule has 1 amide bonds. The summed E-state index contributed by atoms with van der Waals surface area (Å²) < 4.78 is 13.7. The minimum atomic E-state index is -1.75. The maximum atomic E-state index is 13.7. The van der Waals surface area contributed by atoms with Gasteiger partial charge in [-0.25, -0.2) is 4.39 Å². The van der Waals surface area contributed by atoms with Gasteiger partial charge in [0, 0.05) is 6.04 Å². The van der Waals surface area contributed by atoms with Crippen LogP contribution in [0.2, 0.25) is 0 Å². The highest BCUT2D eigenvalue weighted by molar-refractivity contribution is 5.84. The molecule has 1 N–H and O–H groups in total. The summed E-state index contributed by atoms with van der Waals surface area (Å²) in [6.07, 6.45) is 1.02. The van der Waals surface area contributed by atoms with Crippen LogP contribution >= 0.6 is 0 Å². The van der Waals surface area contributed by atoms with Gasteiger partial charge in [-0.15, -0.1) is 0 Å². The standard InChI is InChI=1S/C12H24FNO/c1-7-9(11(3,4)5)14-10(15)12(6,13)8-2/h9H,7-8H2,1-6H3,(H,14,15). The number of rotatable bonds is 4. The molecule has 3 heteroatoms. The lowest BCUT2D eigenvalue weighted by atomic mass is 9.84. The van der Waals surface area contributed by atoms with Crippen LogP contribution in [-0.2, 0) is 4.79 Å². The Hall–Kier alpha value is -0.600. The summed E-state index contributed by atoms with van der Waals surface area (Å²) in [5.41, 5.74) is -1.78. The Morgan fingerprint density at radius 3 is 2.00 bits per heavy atom. The molecule has 0 aromatic carbocycles. The Kier molecular flexibility index (Phi) is 4.75. The van der Waals surface area contributed by atoms with Gasteiger partial charge >= 0.3 is 0 Å². The van der Waals surface area contributed by atoms with Crippen molar-refractivity contribution in [3.05, 3.63) is 0 Å². The van der Waals surface area contributed by atoms with Crippen LogP contribution in [-0.4, -0.2) is 17.6 Å². The van der Waals surface area contributed by atoms with Crippen LogP contribution in [0.5, 0.6) is 0 Å². The van der Waals surface area contributed by atoms with Crippen LogP contribution < -0.4 is 5.32 Å². The Morgan fingerprint density at radius 1 is 1.27 bits per heavy atom. The molecule has 0 bridgehead atoms. The fourth-order valence-corrected chi connectivity index (χ4v) is 1.40. The van der Waals surface area contributed by atoms with Crippen LogP contribution in [0.3, 0.4) is 0 Å². The van der Waals surface area contributed by atoms with Crippen molar-refractivity contribution in [2.24, 2.45) is 5.41 Å². The molecule has 2 nitrogen and oxygen atoms in total. The van der Waals surface area contributed by atoms with Crippen molar-refractivity contribution in [2.45, 2.75) is 66.1 Å². The van der Waals surface area contributed by atoms with Gasteiger partial charge in [0.2, 0.25) is 0 Å². The van der Waals surface area contributed by atoms with Crippen molar-refractivity contribution in [3.8, 4) is 0 Å². The predicted molar refractivity (Wildman–Crippen MR) is 61.5 cm³/mol. The molecule has 0 fully saturated rings. The summed E-state index contributed by atoms with van der Waals surface area (Å²) in [6, 6.07) is 0.0200. The molecule has 15 heavy (non-hydrogen) atoms. The summed E-state index contributed by atoms with van der Waals surface area (Å²) in [6.45, 7) is 11.1. The molecule has 0 saturated carbocycles. The van der Waals surface area contributed by atoms with Gasteiger partial charge in [0.05, 0.1) is 0 Å². The number of hydrogen-bond donors (Lipinski definition) is 1. The number of alkyl halides is 1. The molecular weight excluding hydrogens is 193 g/mol. The van der Waals surface area contributed by atoms with E-state index in [0.717, 1.165) is 6.42 Å². The number of nitrogens with one attached hydrogen (secondary N) is 1. The minimum Gasteiger partial charge on any atom is -0.350 e. The topological polar surface area (TPSA) is 29.1 Å². The number of halogens is 1. The molecule has 2 atom stereocenters. The second-order valence-electron chi connectivity index (χ2n) is 5.35. The van der Waals surface area contributed by atoms with Crippen LogP contribution in [0.1, 0.15) is 54.4 Å². The molecule has 0 spiro atoms. The third kappa shape index (κ3) is 4.18. The average molecular weight is 217 g/mol. The Labute approximate surface area is 92.6 Å². The summed E-state index contributed by atoms with van der Waals surface area (Å²) in [5, 5.41) is 2.78. The van der Waals surface area contributed by atoms with Gasteiger partial charge in [-0.2, -0.15) is 0 Å². The van der Waals surface area contributed by atoms with Gasteiger partial charge in [-0.1, -0.05) is 34.6 Å². The quantitative estimate of drug-likeness (QED) is 0.770. The summed E-state index contributed by atoms with van der Waals surface area (Å²) >= 11 is 0. The zero-order valence-corrected chi connectivity index (χ0v) is 10.8. The van der Waals surface area contributed by atoms with Crippen molar-refractivity contribution in [3.63, 3.8) is 0 Å². The van der Waals surface area contributed by atoms with E-state index < -0.39 is 11.6 Å². The first-order valence-corrected chi connectivity index (χ1v) is 5.65. The fourth-order valence-electron chi connectivity index (χ4n) is 1.40. The largest absolute Gasteiger partial charge is 0.350 e. The second-order valence-corrected chi connectivity index (χ2v) is 5.35. The molecule has 0 rings (SSSR count). The number of carbonyl (C=O) groups excluding carboxylic acids is 1.